The van der Waals surface area contributed by atoms with Crippen LogP contribution in [0.1, 0.15) is 26.7 Å². The van der Waals surface area contributed by atoms with E-state index in [4.69, 9.17) is 5.73 Å². The average Bonchev–Trinajstić information content (AvgIpc) is 2.38. The first-order valence-electron chi connectivity index (χ1n) is 6.16. The molecule has 3 nitrogen and oxygen atoms in total. The van der Waals surface area contributed by atoms with Crippen LogP contribution in [0.15, 0.2) is 30.5 Å². The monoisotopic (exact) mass is 229 g/mol. The van der Waals surface area contributed by atoms with E-state index in [1.807, 2.05) is 24.3 Å². The highest BCUT2D eigenvalue weighted by Crippen LogP contribution is 2.27. The summed E-state index contributed by atoms with van der Waals surface area (Å²) in [6, 6.07) is 8.37. The second-order valence-electron chi connectivity index (χ2n) is 4.26. The summed E-state index contributed by atoms with van der Waals surface area (Å²) in [7, 11) is 0. The van der Waals surface area contributed by atoms with Crippen LogP contribution >= 0.6 is 0 Å². The predicted molar refractivity (Wildman–Crippen MR) is 74.1 cm³/mol. The fourth-order valence-electron chi connectivity index (χ4n) is 2.02. The van der Waals surface area contributed by atoms with Crippen LogP contribution in [0.2, 0.25) is 0 Å². The molecule has 2 aromatic rings. The topological polar surface area (TPSA) is 50.9 Å². The average molecular weight is 229 g/mol. The lowest BCUT2D eigenvalue weighted by Crippen LogP contribution is -2.17. The Balaban J connectivity index is 2.44. The standard InChI is InChI=1S/C14H19N3/c1-3-10(4-2)17-13-8-7-12(15)11-6-5-9-16-14(11)13/h5-10,17H,3-4,15H2,1-2H3. The van der Waals surface area contributed by atoms with Crippen LogP contribution in [0, 0.1) is 0 Å². The molecule has 90 valence electrons. The maximum atomic E-state index is 5.95. The summed E-state index contributed by atoms with van der Waals surface area (Å²) >= 11 is 0. The molecule has 0 aliphatic carbocycles. The Morgan fingerprint density at radius 2 is 2.00 bits per heavy atom. The first-order valence-corrected chi connectivity index (χ1v) is 6.16. The van der Waals surface area contributed by atoms with Crippen LogP contribution < -0.4 is 11.1 Å². The van der Waals surface area contributed by atoms with Gasteiger partial charge in [-0.3, -0.25) is 4.98 Å². The number of rotatable bonds is 4. The molecular weight excluding hydrogens is 210 g/mol. The highest BCUT2D eigenvalue weighted by molar-refractivity contribution is 5.98. The van der Waals surface area contributed by atoms with Gasteiger partial charge in [0.25, 0.3) is 0 Å². The summed E-state index contributed by atoms with van der Waals surface area (Å²) < 4.78 is 0. The molecule has 1 aromatic carbocycles. The van der Waals surface area contributed by atoms with Gasteiger partial charge in [-0.2, -0.15) is 0 Å². The molecule has 0 aliphatic heterocycles. The largest absolute Gasteiger partial charge is 0.398 e. The number of hydrogen-bond donors (Lipinski definition) is 2. The van der Waals surface area contributed by atoms with Gasteiger partial charge in [-0.1, -0.05) is 13.8 Å². The Hall–Kier alpha value is -1.77. The SMILES string of the molecule is CCC(CC)Nc1ccc(N)c2cccnc12. The lowest BCUT2D eigenvalue weighted by molar-refractivity contribution is 0.672. The summed E-state index contributed by atoms with van der Waals surface area (Å²) in [5.74, 6) is 0. The Morgan fingerprint density at radius 3 is 2.71 bits per heavy atom. The summed E-state index contributed by atoms with van der Waals surface area (Å²) in [5, 5.41) is 4.55. The summed E-state index contributed by atoms with van der Waals surface area (Å²) in [4.78, 5) is 4.42. The fourth-order valence-corrected chi connectivity index (χ4v) is 2.02. The van der Waals surface area contributed by atoms with Gasteiger partial charge in [0, 0.05) is 23.3 Å². The van der Waals surface area contributed by atoms with Gasteiger partial charge in [0.15, 0.2) is 0 Å². The van der Waals surface area contributed by atoms with Crippen molar-refractivity contribution in [3.05, 3.63) is 30.5 Å². The van der Waals surface area contributed by atoms with Crippen LogP contribution in [0.25, 0.3) is 10.9 Å². The van der Waals surface area contributed by atoms with Gasteiger partial charge >= 0.3 is 0 Å². The van der Waals surface area contributed by atoms with E-state index in [1.54, 1.807) is 6.20 Å². The smallest absolute Gasteiger partial charge is 0.0953 e. The minimum absolute atomic E-state index is 0.490. The van der Waals surface area contributed by atoms with Gasteiger partial charge in [0.1, 0.15) is 0 Å². The number of nitrogens with zero attached hydrogens (tertiary/aromatic N) is 1. The van der Waals surface area contributed by atoms with Crippen molar-refractivity contribution in [2.45, 2.75) is 32.7 Å². The zero-order valence-corrected chi connectivity index (χ0v) is 10.4. The van der Waals surface area contributed by atoms with Crippen molar-refractivity contribution in [3.63, 3.8) is 0 Å². The van der Waals surface area contributed by atoms with Crippen LogP contribution in [0.5, 0.6) is 0 Å². The van der Waals surface area contributed by atoms with Crippen molar-refractivity contribution in [1.29, 1.82) is 0 Å². The molecule has 0 bridgehead atoms. The van der Waals surface area contributed by atoms with Crippen LogP contribution in [0.3, 0.4) is 0 Å². The molecule has 0 amide bonds. The van der Waals surface area contributed by atoms with Gasteiger partial charge < -0.3 is 11.1 Å². The normalized spacial score (nSPS) is 11.0. The summed E-state index contributed by atoms with van der Waals surface area (Å²) in [5.41, 5.74) is 8.76. The number of nitrogens with two attached hydrogens (primary N) is 1. The molecule has 0 atom stereocenters. The van der Waals surface area contributed by atoms with Crippen molar-refractivity contribution in [1.82, 2.24) is 4.98 Å². The maximum Gasteiger partial charge on any atom is 0.0953 e. The minimum Gasteiger partial charge on any atom is -0.398 e. The van der Waals surface area contributed by atoms with E-state index >= 15 is 0 Å². The molecule has 0 saturated carbocycles. The molecule has 0 fully saturated rings. The number of hydrogen-bond acceptors (Lipinski definition) is 3. The molecule has 3 heteroatoms. The van der Waals surface area contributed by atoms with E-state index in [2.05, 4.69) is 24.1 Å². The Bertz CT molecular complexity index is 504. The molecular formula is C14H19N3. The van der Waals surface area contributed by atoms with Crippen LogP contribution in [-0.4, -0.2) is 11.0 Å². The minimum atomic E-state index is 0.490. The third-order valence-electron chi connectivity index (χ3n) is 3.15. The third kappa shape index (κ3) is 2.33. The molecule has 0 radical (unpaired) electrons. The van der Waals surface area contributed by atoms with E-state index < -0.39 is 0 Å². The van der Waals surface area contributed by atoms with Crippen LogP contribution in [-0.2, 0) is 0 Å². The molecule has 1 heterocycles. The highest BCUT2D eigenvalue weighted by atomic mass is 14.9. The van der Waals surface area contributed by atoms with Gasteiger partial charge in [0.05, 0.1) is 11.2 Å². The summed E-state index contributed by atoms with van der Waals surface area (Å²) in [6.45, 7) is 4.38. The van der Waals surface area contributed by atoms with Gasteiger partial charge in [-0.15, -0.1) is 0 Å². The number of nitrogen functional groups attached to an aromatic ring is 1. The number of pyridine rings is 1. The molecule has 0 aliphatic rings. The third-order valence-corrected chi connectivity index (χ3v) is 3.15. The first-order chi connectivity index (χ1) is 8.26. The van der Waals surface area contributed by atoms with Gasteiger partial charge in [0.2, 0.25) is 0 Å². The lowest BCUT2D eigenvalue weighted by atomic mass is 10.1. The second kappa shape index (κ2) is 5.04. The Kier molecular flexibility index (Phi) is 3.47. The van der Waals surface area contributed by atoms with E-state index in [0.717, 1.165) is 35.1 Å². The number of benzene rings is 1. The lowest BCUT2D eigenvalue weighted by Gasteiger charge is -2.17. The molecule has 0 unspecified atom stereocenters. The Morgan fingerprint density at radius 1 is 1.24 bits per heavy atom. The van der Waals surface area contributed by atoms with Gasteiger partial charge in [-0.05, 0) is 37.1 Å². The van der Waals surface area contributed by atoms with Gasteiger partial charge in [-0.25, -0.2) is 0 Å². The second-order valence-corrected chi connectivity index (χ2v) is 4.26. The summed E-state index contributed by atoms with van der Waals surface area (Å²) in [6.07, 6.45) is 4.02. The van der Waals surface area contributed by atoms with Crippen molar-refractivity contribution in [3.8, 4) is 0 Å². The predicted octanol–water partition coefficient (Wildman–Crippen LogP) is 3.42. The first kappa shape index (κ1) is 11.7. The fraction of sp³-hybridized carbons (Fsp3) is 0.357. The number of aromatic nitrogens is 1. The molecule has 0 spiro atoms. The molecule has 3 N–H and O–H groups in total. The van der Waals surface area contributed by atoms with Crippen LogP contribution in [0.4, 0.5) is 11.4 Å². The molecule has 2 rings (SSSR count). The van der Waals surface area contributed by atoms with Crippen molar-refractivity contribution in [2.24, 2.45) is 0 Å². The number of nitrogens with one attached hydrogen (secondary N) is 1. The maximum absolute atomic E-state index is 5.95. The number of anilines is 2. The van der Waals surface area contributed by atoms with Crippen molar-refractivity contribution < 1.29 is 0 Å². The zero-order valence-electron chi connectivity index (χ0n) is 10.4. The highest BCUT2D eigenvalue weighted by Gasteiger charge is 2.08. The molecule has 1 aromatic heterocycles. The van der Waals surface area contributed by atoms with Crippen molar-refractivity contribution in [2.75, 3.05) is 11.1 Å². The zero-order chi connectivity index (χ0) is 12.3. The quantitative estimate of drug-likeness (QED) is 0.790. The van der Waals surface area contributed by atoms with E-state index in [9.17, 15) is 0 Å². The van der Waals surface area contributed by atoms with E-state index in [1.165, 1.54) is 0 Å². The molecule has 17 heavy (non-hydrogen) atoms. The molecule has 0 saturated heterocycles. The van der Waals surface area contributed by atoms with Crippen molar-refractivity contribution >= 4 is 22.3 Å². The van der Waals surface area contributed by atoms with E-state index in [0.29, 0.717) is 6.04 Å². The Labute approximate surface area is 102 Å². The number of fused-ring (bicyclic) bond motifs is 1. The van der Waals surface area contributed by atoms with E-state index in [-0.39, 0.29) is 0 Å².